The number of carbonyl (C=O) groups is 1. The molecule has 0 spiro atoms. The second-order valence-electron chi connectivity index (χ2n) is 8.60. The molecule has 5 rings (SSSR count). The van der Waals surface area contributed by atoms with Gasteiger partial charge in [0.2, 0.25) is 5.76 Å². The molecule has 2 unspecified atom stereocenters. The van der Waals surface area contributed by atoms with E-state index in [1.807, 2.05) is 57.2 Å². The van der Waals surface area contributed by atoms with E-state index in [0.29, 0.717) is 36.3 Å². The van der Waals surface area contributed by atoms with Crippen molar-refractivity contribution in [3.05, 3.63) is 74.6 Å². The Kier molecular flexibility index (Phi) is 5.25. The van der Waals surface area contributed by atoms with E-state index in [-0.39, 0.29) is 23.2 Å². The molecule has 2 aromatic carbocycles. The Morgan fingerprint density at radius 1 is 1.09 bits per heavy atom. The SMILES string of the molecule is CCOc1ccc(C2c3c(oc4cc(C)c(C)cc4c3=O)C(=O)N2CC2CCCO2)cc1. The average molecular weight is 434 g/mol. The number of hydrogen-bond acceptors (Lipinski definition) is 5. The van der Waals surface area contributed by atoms with E-state index in [9.17, 15) is 9.59 Å². The van der Waals surface area contributed by atoms with Gasteiger partial charge in [0, 0.05) is 13.2 Å². The third-order valence-electron chi connectivity index (χ3n) is 6.51. The van der Waals surface area contributed by atoms with Crippen LogP contribution in [0.15, 0.2) is 45.6 Å². The van der Waals surface area contributed by atoms with Crippen molar-refractivity contribution in [2.24, 2.45) is 0 Å². The molecular formula is C26H27NO5. The molecule has 32 heavy (non-hydrogen) atoms. The maximum absolute atomic E-state index is 13.7. The second kappa shape index (κ2) is 8.10. The molecule has 0 radical (unpaired) electrons. The van der Waals surface area contributed by atoms with Gasteiger partial charge in [-0.3, -0.25) is 9.59 Å². The molecule has 6 nitrogen and oxygen atoms in total. The second-order valence-corrected chi connectivity index (χ2v) is 8.60. The molecular weight excluding hydrogens is 406 g/mol. The van der Waals surface area contributed by atoms with Crippen molar-refractivity contribution in [1.82, 2.24) is 4.90 Å². The van der Waals surface area contributed by atoms with Crippen molar-refractivity contribution in [1.29, 1.82) is 0 Å². The smallest absolute Gasteiger partial charge is 0.291 e. The van der Waals surface area contributed by atoms with Crippen molar-refractivity contribution in [3.8, 4) is 5.75 Å². The van der Waals surface area contributed by atoms with Gasteiger partial charge in [-0.05, 0) is 74.6 Å². The highest BCUT2D eigenvalue weighted by Crippen LogP contribution is 2.39. The maximum Gasteiger partial charge on any atom is 0.291 e. The molecule has 2 aliphatic rings. The molecule has 3 aromatic rings. The lowest BCUT2D eigenvalue weighted by atomic mass is 9.97. The zero-order chi connectivity index (χ0) is 22.4. The Morgan fingerprint density at radius 2 is 1.84 bits per heavy atom. The summed E-state index contributed by atoms with van der Waals surface area (Å²) in [5, 5.41) is 0.509. The van der Waals surface area contributed by atoms with Crippen LogP contribution in [0.1, 0.15) is 58.6 Å². The van der Waals surface area contributed by atoms with Crippen LogP contribution in [0.5, 0.6) is 5.75 Å². The summed E-state index contributed by atoms with van der Waals surface area (Å²) in [6, 6.07) is 10.8. The van der Waals surface area contributed by atoms with Crippen LogP contribution in [-0.2, 0) is 4.74 Å². The summed E-state index contributed by atoms with van der Waals surface area (Å²) in [6.07, 6.45) is 1.85. The number of nitrogens with zero attached hydrogens (tertiary/aromatic N) is 1. The highest BCUT2D eigenvalue weighted by molar-refractivity contribution is 5.99. The van der Waals surface area contributed by atoms with Gasteiger partial charge in [0.05, 0.1) is 29.7 Å². The van der Waals surface area contributed by atoms with E-state index >= 15 is 0 Å². The predicted molar refractivity (Wildman–Crippen MR) is 121 cm³/mol. The first-order chi connectivity index (χ1) is 15.5. The standard InChI is InChI=1S/C26H27NO5/c1-4-30-18-9-7-17(8-10-18)23-22-24(28)20-12-15(2)16(3)13-21(20)32-25(22)26(29)27(23)14-19-6-5-11-31-19/h7-10,12-13,19,23H,4-6,11,14H2,1-3H3. The lowest BCUT2D eigenvalue weighted by molar-refractivity contribution is 0.0486. The lowest BCUT2D eigenvalue weighted by Gasteiger charge is -2.27. The van der Waals surface area contributed by atoms with E-state index in [0.717, 1.165) is 35.3 Å². The van der Waals surface area contributed by atoms with E-state index in [1.165, 1.54) is 0 Å². The topological polar surface area (TPSA) is 69.0 Å². The summed E-state index contributed by atoms with van der Waals surface area (Å²) in [7, 11) is 0. The van der Waals surface area contributed by atoms with Crippen LogP contribution in [0.3, 0.4) is 0 Å². The zero-order valence-corrected chi connectivity index (χ0v) is 18.6. The lowest BCUT2D eigenvalue weighted by Crippen LogP contribution is -2.36. The van der Waals surface area contributed by atoms with Crippen LogP contribution in [-0.4, -0.2) is 36.7 Å². The fraction of sp³-hybridized carbons (Fsp3) is 0.385. The third kappa shape index (κ3) is 3.39. The summed E-state index contributed by atoms with van der Waals surface area (Å²) < 4.78 is 17.5. The minimum Gasteiger partial charge on any atom is -0.494 e. The Morgan fingerprint density at radius 3 is 2.53 bits per heavy atom. The van der Waals surface area contributed by atoms with Gasteiger partial charge >= 0.3 is 0 Å². The summed E-state index contributed by atoms with van der Waals surface area (Å²) in [5.74, 6) is 0.636. The van der Waals surface area contributed by atoms with Crippen molar-refractivity contribution >= 4 is 16.9 Å². The summed E-state index contributed by atoms with van der Waals surface area (Å²) in [4.78, 5) is 28.9. The minimum atomic E-state index is -0.514. The number of benzene rings is 2. The van der Waals surface area contributed by atoms with Crippen LogP contribution in [0.25, 0.3) is 11.0 Å². The molecule has 0 bridgehead atoms. The molecule has 0 aliphatic carbocycles. The van der Waals surface area contributed by atoms with Gasteiger partial charge in [-0.15, -0.1) is 0 Å². The first-order valence-corrected chi connectivity index (χ1v) is 11.2. The Balaban J connectivity index is 1.67. The van der Waals surface area contributed by atoms with Gasteiger partial charge < -0.3 is 18.8 Å². The van der Waals surface area contributed by atoms with Crippen molar-refractivity contribution in [2.75, 3.05) is 19.8 Å². The van der Waals surface area contributed by atoms with Crippen LogP contribution < -0.4 is 10.2 Å². The molecule has 3 heterocycles. The van der Waals surface area contributed by atoms with E-state index in [4.69, 9.17) is 13.9 Å². The molecule has 0 saturated carbocycles. The summed E-state index contributed by atoms with van der Waals surface area (Å²) >= 11 is 0. The number of rotatable bonds is 5. The Hall–Kier alpha value is -3.12. The van der Waals surface area contributed by atoms with Gasteiger partial charge in [-0.1, -0.05) is 12.1 Å². The summed E-state index contributed by atoms with van der Waals surface area (Å²) in [5.41, 5.74) is 3.61. The van der Waals surface area contributed by atoms with Gasteiger partial charge in [0.1, 0.15) is 11.3 Å². The number of fused-ring (bicyclic) bond motifs is 2. The fourth-order valence-electron chi connectivity index (χ4n) is 4.73. The van der Waals surface area contributed by atoms with Gasteiger partial charge in [0.25, 0.3) is 5.91 Å². The maximum atomic E-state index is 13.7. The van der Waals surface area contributed by atoms with Crippen LogP contribution in [0.2, 0.25) is 0 Å². The monoisotopic (exact) mass is 433 g/mol. The molecule has 1 aromatic heterocycles. The molecule has 2 atom stereocenters. The van der Waals surface area contributed by atoms with E-state index in [1.54, 1.807) is 4.90 Å². The number of hydrogen-bond donors (Lipinski definition) is 0. The molecule has 1 amide bonds. The number of ether oxygens (including phenoxy) is 2. The van der Waals surface area contributed by atoms with Crippen LogP contribution in [0.4, 0.5) is 0 Å². The highest BCUT2D eigenvalue weighted by Gasteiger charge is 2.43. The van der Waals surface area contributed by atoms with Crippen molar-refractivity contribution in [2.45, 2.75) is 45.8 Å². The Bertz CT molecular complexity index is 1240. The predicted octanol–water partition coefficient (Wildman–Crippen LogP) is 4.53. The number of aryl methyl sites for hydroxylation is 2. The molecule has 1 fully saturated rings. The highest BCUT2D eigenvalue weighted by atomic mass is 16.5. The summed E-state index contributed by atoms with van der Waals surface area (Å²) in [6.45, 7) is 7.57. The van der Waals surface area contributed by atoms with Crippen molar-refractivity contribution < 1.29 is 18.7 Å². The normalized spacial score (nSPS) is 20.2. The Labute approximate surface area is 186 Å². The van der Waals surface area contributed by atoms with Crippen LogP contribution in [0, 0.1) is 13.8 Å². The molecule has 6 heteroatoms. The number of amides is 1. The average Bonchev–Trinajstić information content (AvgIpc) is 3.39. The van der Waals surface area contributed by atoms with Gasteiger partial charge in [-0.25, -0.2) is 0 Å². The molecule has 0 N–H and O–H groups in total. The van der Waals surface area contributed by atoms with Crippen molar-refractivity contribution in [3.63, 3.8) is 0 Å². The van der Waals surface area contributed by atoms with E-state index in [2.05, 4.69) is 0 Å². The molecule has 1 saturated heterocycles. The van der Waals surface area contributed by atoms with Crippen LogP contribution >= 0.6 is 0 Å². The van der Waals surface area contributed by atoms with Gasteiger partial charge in [-0.2, -0.15) is 0 Å². The molecule has 166 valence electrons. The fourth-order valence-corrected chi connectivity index (χ4v) is 4.73. The first kappa shape index (κ1) is 20.8. The largest absolute Gasteiger partial charge is 0.494 e. The number of carbonyl (C=O) groups excluding carboxylic acids is 1. The third-order valence-corrected chi connectivity index (χ3v) is 6.51. The van der Waals surface area contributed by atoms with Gasteiger partial charge in [0.15, 0.2) is 5.43 Å². The van der Waals surface area contributed by atoms with E-state index < -0.39 is 6.04 Å². The minimum absolute atomic E-state index is 0.0348. The quantitative estimate of drug-likeness (QED) is 0.591. The first-order valence-electron chi connectivity index (χ1n) is 11.2. The molecule has 2 aliphatic heterocycles. The zero-order valence-electron chi connectivity index (χ0n) is 18.6.